The summed E-state index contributed by atoms with van der Waals surface area (Å²) < 4.78 is 10.9. The van der Waals surface area contributed by atoms with Crippen LogP contribution >= 0.6 is 22.9 Å². The van der Waals surface area contributed by atoms with E-state index in [1.165, 1.54) is 23.5 Å². The molecule has 0 amide bonds. The van der Waals surface area contributed by atoms with Crippen molar-refractivity contribution in [2.45, 2.75) is 0 Å². The number of hydrogen-bond donors (Lipinski definition) is 1. The first-order valence-corrected chi connectivity index (χ1v) is 7.49. The molecule has 1 N–H and O–H groups in total. The monoisotopic (exact) mass is 322 g/mol. The van der Waals surface area contributed by atoms with Crippen molar-refractivity contribution in [3.8, 4) is 17.2 Å². The molecule has 6 heteroatoms. The first-order chi connectivity index (χ1) is 10.1. The highest BCUT2D eigenvalue weighted by atomic mass is 35.5. The Kier molecular flexibility index (Phi) is 3.86. The second-order valence-corrected chi connectivity index (χ2v) is 5.68. The first kappa shape index (κ1) is 14.0. The third kappa shape index (κ3) is 2.89. The standard InChI is InChI=1S/C15H11ClO4S/c16-10-7-9(8-13-14(10)20-5-4-19-13)1-2-11(17)15-12(18)3-6-21-15/h1-3,6-8,18H,4-5H2/b2-1+. The van der Waals surface area contributed by atoms with E-state index in [2.05, 4.69) is 0 Å². The van der Waals surface area contributed by atoms with Gasteiger partial charge in [0.25, 0.3) is 0 Å². The number of ketones is 1. The minimum absolute atomic E-state index is 0.00476. The number of rotatable bonds is 3. The number of halogens is 1. The van der Waals surface area contributed by atoms with Gasteiger partial charge in [0.1, 0.15) is 23.8 Å². The number of aromatic hydroxyl groups is 1. The van der Waals surface area contributed by atoms with Crippen LogP contribution in [-0.2, 0) is 0 Å². The quantitative estimate of drug-likeness (QED) is 0.690. The van der Waals surface area contributed by atoms with Crippen LogP contribution in [0.25, 0.3) is 6.08 Å². The molecule has 1 aromatic heterocycles. The Hall–Kier alpha value is -1.98. The summed E-state index contributed by atoms with van der Waals surface area (Å²) >= 11 is 7.32. The van der Waals surface area contributed by atoms with E-state index < -0.39 is 0 Å². The van der Waals surface area contributed by atoms with Gasteiger partial charge in [-0.05, 0) is 35.2 Å². The van der Waals surface area contributed by atoms with Crippen LogP contribution in [0.2, 0.25) is 5.02 Å². The highest BCUT2D eigenvalue weighted by molar-refractivity contribution is 7.12. The lowest BCUT2D eigenvalue weighted by atomic mass is 10.1. The lowest BCUT2D eigenvalue weighted by molar-refractivity contribution is 0.104. The Morgan fingerprint density at radius 2 is 2.14 bits per heavy atom. The molecule has 0 aliphatic carbocycles. The van der Waals surface area contributed by atoms with E-state index in [-0.39, 0.29) is 11.5 Å². The fourth-order valence-electron chi connectivity index (χ4n) is 1.96. The molecule has 0 spiro atoms. The number of fused-ring (bicyclic) bond motifs is 1. The smallest absolute Gasteiger partial charge is 0.199 e. The number of thiophene rings is 1. The fourth-order valence-corrected chi connectivity index (χ4v) is 2.94. The molecule has 0 saturated carbocycles. The van der Waals surface area contributed by atoms with Gasteiger partial charge in [0.2, 0.25) is 0 Å². The number of hydrogen-bond acceptors (Lipinski definition) is 5. The average molecular weight is 323 g/mol. The molecule has 21 heavy (non-hydrogen) atoms. The van der Waals surface area contributed by atoms with E-state index in [4.69, 9.17) is 21.1 Å². The number of carbonyl (C=O) groups excluding carboxylic acids is 1. The molecule has 1 aromatic carbocycles. The van der Waals surface area contributed by atoms with Crippen molar-refractivity contribution in [2.75, 3.05) is 13.2 Å². The van der Waals surface area contributed by atoms with Gasteiger partial charge in [-0.15, -0.1) is 11.3 Å². The topological polar surface area (TPSA) is 55.8 Å². The van der Waals surface area contributed by atoms with Crippen LogP contribution in [0, 0.1) is 0 Å². The van der Waals surface area contributed by atoms with Gasteiger partial charge >= 0.3 is 0 Å². The Balaban J connectivity index is 1.85. The van der Waals surface area contributed by atoms with Crippen LogP contribution in [0.5, 0.6) is 17.2 Å². The van der Waals surface area contributed by atoms with Crippen molar-refractivity contribution in [3.05, 3.63) is 45.1 Å². The Labute approximate surface area is 130 Å². The summed E-state index contributed by atoms with van der Waals surface area (Å²) in [4.78, 5) is 12.3. The van der Waals surface area contributed by atoms with Gasteiger partial charge in [0.15, 0.2) is 17.3 Å². The predicted octanol–water partition coefficient (Wildman–Crippen LogP) is 3.77. The minimum Gasteiger partial charge on any atom is -0.506 e. The highest BCUT2D eigenvalue weighted by Crippen LogP contribution is 2.38. The van der Waals surface area contributed by atoms with Crippen LogP contribution in [0.15, 0.2) is 29.7 Å². The molecule has 108 valence electrons. The first-order valence-electron chi connectivity index (χ1n) is 6.23. The van der Waals surface area contributed by atoms with Crippen molar-refractivity contribution >= 4 is 34.8 Å². The average Bonchev–Trinajstić information content (AvgIpc) is 2.91. The molecule has 0 fully saturated rings. The molecular formula is C15H11ClO4S. The zero-order chi connectivity index (χ0) is 14.8. The van der Waals surface area contributed by atoms with E-state index in [1.807, 2.05) is 0 Å². The van der Waals surface area contributed by atoms with Crippen molar-refractivity contribution < 1.29 is 19.4 Å². The maximum absolute atomic E-state index is 11.9. The maximum Gasteiger partial charge on any atom is 0.199 e. The third-order valence-electron chi connectivity index (χ3n) is 2.91. The van der Waals surface area contributed by atoms with Crippen LogP contribution in [0.1, 0.15) is 15.2 Å². The molecule has 0 atom stereocenters. The number of ether oxygens (including phenoxy) is 2. The van der Waals surface area contributed by atoms with Gasteiger partial charge in [0.05, 0.1) is 5.02 Å². The predicted molar refractivity (Wildman–Crippen MR) is 81.8 cm³/mol. The molecule has 2 heterocycles. The lowest BCUT2D eigenvalue weighted by Gasteiger charge is -2.19. The van der Waals surface area contributed by atoms with Gasteiger partial charge in [-0.1, -0.05) is 17.7 Å². The molecule has 0 radical (unpaired) electrons. The molecule has 3 rings (SSSR count). The van der Waals surface area contributed by atoms with Gasteiger partial charge in [-0.3, -0.25) is 4.79 Å². The molecule has 0 unspecified atom stereocenters. The highest BCUT2D eigenvalue weighted by Gasteiger charge is 2.16. The van der Waals surface area contributed by atoms with Crippen molar-refractivity contribution in [1.82, 2.24) is 0 Å². The van der Waals surface area contributed by atoms with Crippen LogP contribution in [0.3, 0.4) is 0 Å². The van der Waals surface area contributed by atoms with Crippen molar-refractivity contribution in [2.24, 2.45) is 0 Å². The second kappa shape index (κ2) is 5.79. The SMILES string of the molecule is O=C(/C=C/c1cc(Cl)c2c(c1)OCCO2)c1sccc1O. The number of allylic oxidation sites excluding steroid dienone is 1. The van der Waals surface area contributed by atoms with E-state index >= 15 is 0 Å². The molecule has 0 bridgehead atoms. The summed E-state index contributed by atoms with van der Waals surface area (Å²) in [5.74, 6) is 0.838. The van der Waals surface area contributed by atoms with E-state index in [1.54, 1.807) is 23.6 Å². The summed E-state index contributed by atoms with van der Waals surface area (Å²) in [7, 11) is 0. The Bertz CT molecular complexity index is 720. The molecule has 4 nitrogen and oxygen atoms in total. The largest absolute Gasteiger partial charge is 0.506 e. The normalized spacial score (nSPS) is 13.6. The molecule has 1 aliphatic rings. The second-order valence-electron chi connectivity index (χ2n) is 4.36. The minimum atomic E-state index is -0.256. The zero-order valence-electron chi connectivity index (χ0n) is 10.8. The third-order valence-corrected chi connectivity index (χ3v) is 4.11. The zero-order valence-corrected chi connectivity index (χ0v) is 12.4. The Morgan fingerprint density at radius 1 is 1.33 bits per heavy atom. The molecule has 0 saturated heterocycles. The van der Waals surface area contributed by atoms with Gasteiger partial charge in [-0.2, -0.15) is 0 Å². The van der Waals surface area contributed by atoms with Gasteiger partial charge in [-0.25, -0.2) is 0 Å². The van der Waals surface area contributed by atoms with Gasteiger partial charge < -0.3 is 14.6 Å². The number of benzene rings is 1. The summed E-state index contributed by atoms with van der Waals surface area (Å²) in [6.45, 7) is 0.941. The van der Waals surface area contributed by atoms with Gasteiger partial charge in [0, 0.05) is 0 Å². The van der Waals surface area contributed by atoms with E-state index in [9.17, 15) is 9.90 Å². The van der Waals surface area contributed by atoms with Crippen molar-refractivity contribution in [1.29, 1.82) is 0 Å². The summed E-state index contributed by atoms with van der Waals surface area (Å²) in [5.41, 5.74) is 0.730. The van der Waals surface area contributed by atoms with Crippen LogP contribution < -0.4 is 9.47 Å². The van der Waals surface area contributed by atoms with E-state index in [0.29, 0.717) is 34.6 Å². The van der Waals surface area contributed by atoms with E-state index in [0.717, 1.165) is 5.56 Å². The summed E-state index contributed by atoms with van der Waals surface area (Å²) in [6, 6.07) is 4.96. The number of carbonyl (C=O) groups is 1. The van der Waals surface area contributed by atoms with Crippen molar-refractivity contribution in [3.63, 3.8) is 0 Å². The molecule has 2 aromatic rings. The summed E-state index contributed by atoms with van der Waals surface area (Å²) in [6.07, 6.45) is 3.03. The summed E-state index contributed by atoms with van der Waals surface area (Å²) in [5, 5.41) is 11.6. The molecule has 1 aliphatic heterocycles. The maximum atomic E-state index is 11.9. The Morgan fingerprint density at radius 3 is 2.90 bits per heavy atom. The molecular weight excluding hydrogens is 312 g/mol. The van der Waals surface area contributed by atoms with Crippen LogP contribution in [0.4, 0.5) is 0 Å². The lowest BCUT2D eigenvalue weighted by Crippen LogP contribution is -2.15. The van der Waals surface area contributed by atoms with Crippen LogP contribution in [-0.4, -0.2) is 24.1 Å². The fraction of sp³-hybridized carbons (Fsp3) is 0.133.